The lowest BCUT2D eigenvalue weighted by atomic mass is 10.1. The van der Waals surface area contributed by atoms with Crippen molar-refractivity contribution in [3.8, 4) is 0 Å². The quantitative estimate of drug-likeness (QED) is 0.780. The van der Waals surface area contributed by atoms with Gasteiger partial charge in [0.25, 0.3) is 0 Å². The van der Waals surface area contributed by atoms with Crippen molar-refractivity contribution in [1.82, 2.24) is 9.80 Å². The smallest absolute Gasteiger partial charge is 0.172 e. The number of piperazine rings is 1. The fourth-order valence-corrected chi connectivity index (χ4v) is 4.26. The Kier molecular flexibility index (Phi) is 4.54. The number of ketones is 1. The van der Waals surface area contributed by atoms with Crippen molar-refractivity contribution in [1.29, 1.82) is 0 Å². The number of nitrogens with zero attached hydrogens (tertiary/aromatic N) is 2. The Morgan fingerprint density at radius 3 is 3.15 bits per heavy atom. The number of carbonyl (C=O) groups excluding carboxylic acids is 1. The molecule has 0 N–H and O–H groups in total. The maximum Gasteiger partial charge on any atom is 0.172 e. The van der Waals surface area contributed by atoms with Crippen molar-refractivity contribution in [3.05, 3.63) is 22.4 Å². The zero-order valence-electron chi connectivity index (χ0n) is 12.3. The fourth-order valence-electron chi connectivity index (χ4n) is 3.56. The molecule has 2 saturated heterocycles. The topological polar surface area (TPSA) is 23.6 Å². The predicted molar refractivity (Wildman–Crippen MR) is 83.5 cm³/mol. The zero-order chi connectivity index (χ0) is 13.9. The standard InChI is InChI=1S/C16H24N2OS/c1-13-11-18-9-2-5-14(18)12-17(13)8-3-6-15(19)16-7-4-10-20-16/h4,7,10,13-14H,2-3,5-6,8-9,11-12H2,1H3. The average Bonchev–Trinajstić information content (AvgIpc) is 3.08. The third-order valence-electron chi connectivity index (χ3n) is 4.71. The Bertz CT molecular complexity index is 445. The molecule has 3 heterocycles. The molecule has 2 unspecified atom stereocenters. The molecule has 0 amide bonds. The van der Waals surface area contributed by atoms with Crippen LogP contribution in [-0.4, -0.2) is 53.8 Å². The highest BCUT2D eigenvalue weighted by atomic mass is 32.1. The number of fused-ring (bicyclic) bond motifs is 1. The SMILES string of the molecule is CC1CN2CCCC2CN1CCCC(=O)c1cccs1. The fraction of sp³-hybridized carbons (Fsp3) is 0.688. The van der Waals surface area contributed by atoms with E-state index in [2.05, 4.69) is 16.7 Å². The van der Waals surface area contributed by atoms with Gasteiger partial charge in [0.1, 0.15) is 0 Å². The second-order valence-corrected chi connectivity index (χ2v) is 7.09. The van der Waals surface area contributed by atoms with Gasteiger partial charge in [0.2, 0.25) is 0 Å². The van der Waals surface area contributed by atoms with Gasteiger partial charge in [-0.1, -0.05) is 6.07 Å². The number of hydrogen-bond acceptors (Lipinski definition) is 4. The lowest BCUT2D eigenvalue weighted by molar-refractivity contribution is 0.0578. The van der Waals surface area contributed by atoms with Gasteiger partial charge in [-0.05, 0) is 50.7 Å². The monoisotopic (exact) mass is 292 g/mol. The predicted octanol–water partition coefficient (Wildman–Crippen LogP) is 2.88. The first-order chi connectivity index (χ1) is 9.74. The normalized spacial score (nSPS) is 27.6. The number of carbonyl (C=O) groups is 1. The average molecular weight is 292 g/mol. The second-order valence-electron chi connectivity index (χ2n) is 6.14. The van der Waals surface area contributed by atoms with E-state index in [1.807, 2.05) is 17.5 Å². The molecule has 3 nitrogen and oxygen atoms in total. The number of hydrogen-bond donors (Lipinski definition) is 0. The lowest BCUT2D eigenvalue weighted by Gasteiger charge is -2.42. The van der Waals surface area contributed by atoms with E-state index >= 15 is 0 Å². The third-order valence-corrected chi connectivity index (χ3v) is 5.62. The Morgan fingerprint density at radius 2 is 2.35 bits per heavy atom. The van der Waals surface area contributed by atoms with Gasteiger partial charge in [-0.2, -0.15) is 0 Å². The molecule has 20 heavy (non-hydrogen) atoms. The van der Waals surface area contributed by atoms with E-state index in [4.69, 9.17) is 0 Å². The summed E-state index contributed by atoms with van der Waals surface area (Å²) in [4.78, 5) is 18.2. The van der Waals surface area contributed by atoms with Gasteiger partial charge in [-0.3, -0.25) is 14.6 Å². The minimum atomic E-state index is 0.312. The highest BCUT2D eigenvalue weighted by Crippen LogP contribution is 2.24. The summed E-state index contributed by atoms with van der Waals surface area (Å²) in [5.41, 5.74) is 0. The molecule has 0 saturated carbocycles. The molecule has 0 bridgehead atoms. The highest BCUT2D eigenvalue weighted by molar-refractivity contribution is 7.12. The van der Waals surface area contributed by atoms with E-state index in [0.29, 0.717) is 18.2 Å². The molecule has 3 rings (SSSR count). The van der Waals surface area contributed by atoms with Crippen LogP contribution in [0.1, 0.15) is 42.3 Å². The summed E-state index contributed by atoms with van der Waals surface area (Å²) in [5, 5.41) is 1.98. The molecule has 4 heteroatoms. The van der Waals surface area contributed by atoms with Crippen LogP contribution in [0.15, 0.2) is 17.5 Å². The maximum absolute atomic E-state index is 12.0. The van der Waals surface area contributed by atoms with Crippen LogP contribution >= 0.6 is 11.3 Å². The molecule has 2 atom stereocenters. The Hall–Kier alpha value is -0.710. The number of Topliss-reactive ketones (excluding diaryl/α,β-unsaturated/α-hetero) is 1. The summed E-state index contributed by atoms with van der Waals surface area (Å²) in [5.74, 6) is 0.312. The second kappa shape index (κ2) is 6.37. The van der Waals surface area contributed by atoms with Gasteiger partial charge in [-0.25, -0.2) is 0 Å². The van der Waals surface area contributed by atoms with Crippen molar-refractivity contribution in [3.63, 3.8) is 0 Å². The Morgan fingerprint density at radius 1 is 1.45 bits per heavy atom. The van der Waals surface area contributed by atoms with Crippen LogP contribution in [0.5, 0.6) is 0 Å². The van der Waals surface area contributed by atoms with Gasteiger partial charge in [-0.15, -0.1) is 11.3 Å². The van der Waals surface area contributed by atoms with Gasteiger partial charge in [0.05, 0.1) is 4.88 Å². The van der Waals surface area contributed by atoms with Crippen LogP contribution < -0.4 is 0 Å². The van der Waals surface area contributed by atoms with Crippen LogP contribution in [-0.2, 0) is 0 Å². The lowest BCUT2D eigenvalue weighted by Crippen LogP contribution is -2.55. The molecule has 110 valence electrons. The van der Waals surface area contributed by atoms with Crippen molar-refractivity contribution in [2.75, 3.05) is 26.2 Å². The van der Waals surface area contributed by atoms with Gasteiger partial charge < -0.3 is 0 Å². The zero-order valence-corrected chi connectivity index (χ0v) is 13.1. The van der Waals surface area contributed by atoms with Crippen LogP contribution in [0.4, 0.5) is 0 Å². The number of rotatable bonds is 5. The Labute approximate surface area is 125 Å². The molecule has 2 aliphatic heterocycles. The molecule has 1 aromatic rings. The van der Waals surface area contributed by atoms with Crippen LogP contribution in [0.25, 0.3) is 0 Å². The minimum absolute atomic E-state index is 0.312. The largest absolute Gasteiger partial charge is 0.298 e. The summed E-state index contributed by atoms with van der Waals surface area (Å²) < 4.78 is 0. The molecule has 2 aliphatic rings. The van der Waals surface area contributed by atoms with Crippen molar-refractivity contribution in [2.24, 2.45) is 0 Å². The van der Waals surface area contributed by atoms with E-state index in [1.165, 1.54) is 32.5 Å². The highest BCUT2D eigenvalue weighted by Gasteiger charge is 2.33. The maximum atomic E-state index is 12.0. The minimum Gasteiger partial charge on any atom is -0.298 e. The summed E-state index contributed by atoms with van der Waals surface area (Å²) in [6, 6.07) is 5.31. The van der Waals surface area contributed by atoms with Crippen molar-refractivity contribution < 1.29 is 4.79 Å². The van der Waals surface area contributed by atoms with Crippen LogP contribution in [0, 0.1) is 0 Å². The first-order valence-electron chi connectivity index (χ1n) is 7.79. The first kappa shape index (κ1) is 14.2. The van der Waals surface area contributed by atoms with Gasteiger partial charge >= 0.3 is 0 Å². The molecular weight excluding hydrogens is 268 g/mol. The molecule has 1 aromatic heterocycles. The van der Waals surface area contributed by atoms with Crippen LogP contribution in [0.3, 0.4) is 0 Å². The van der Waals surface area contributed by atoms with Gasteiger partial charge in [0.15, 0.2) is 5.78 Å². The molecule has 0 spiro atoms. The van der Waals surface area contributed by atoms with Crippen molar-refractivity contribution >= 4 is 17.1 Å². The first-order valence-corrected chi connectivity index (χ1v) is 8.67. The van der Waals surface area contributed by atoms with E-state index in [1.54, 1.807) is 11.3 Å². The summed E-state index contributed by atoms with van der Waals surface area (Å²) in [6.07, 6.45) is 4.41. The van der Waals surface area contributed by atoms with E-state index in [-0.39, 0.29) is 0 Å². The molecule has 0 radical (unpaired) electrons. The Balaban J connectivity index is 1.45. The van der Waals surface area contributed by atoms with E-state index < -0.39 is 0 Å². The van der Waals surface area contributed by atoms with Crippen LogP contribution in [0.2, 0.25) is 0 Å². The van der Waals surface area contributed by atoms with E-state index in [0.717, 1.165) is 23.9 Å². The summed E-state index contributed by atoms with van der Waals surface area (Å²) in [6.45, 7) is 7.11. The third kappa shape index (κ3) is 3.13. The van der Waals surface area contributed by atoms with Gasteiger partial charge in [0, 0.05) is 31.6 Å². The molecular formula is C16H24N2OS. The molecule has 0 aromatic carbocycles. The number of thiophene rings is 1. The van der Waals surface area contributed by atoms with Crippen molar-refractivity contribution in [2.45, 2.75) is 44.7 Å². The summed E-state index contributed by atoms with van der Waals surface area (Å²) in [7, 11) is 0. The molecule has 0 aliphatic carbocycles. The summed E-state index contributed by atoms with van der Waals surface area (Å²) >= 11 is 1.56. The molecule has 2 fully saturated rings. The van der Waals surface area contributed by atoms with E-state index in [9.17, 15) is 4.79 Å².